The Balaban J connectivity index is 2.70. The maximum atomic E-state index is 13.6. The van der Waals surface area contributed by atoms with Crippen molar-refractivity contribution in [3.63, 3.8) is 0 Å². The lowest BCUT2D eigenvalue weighted by Gasteiger charge is -2.30. The number of hydrogen-bond acceptors (Lipinski definition) is 4. The fourth-order valence-corrected chi connectivity index (χ4v) is 3.40. The van der Waals surface area contributed by atoms with Crippen LogP contribution >= 0.6 is 0 Å². The summed E-state index contributed by atoms with van der Waals surface area (Å²) in [5.41, 5.74) is -3.04. The zero-order chi connectivity index (χ0) is 22.9. The van der Waals surface area contributed by atoms with Gasteiger partial charge < -0.3 is 20.3 Å². The van der Waals surface area contributed by atoms with Crippen LogP contribution in [-0.2, 0) is 12.6 Å². The molecular formula is C20H37F3N6O. The third-order valence-electron chi connectivity index (χ3n) is 4.95. The van der Waals surface area contributed by atoms with Crippen molar-refractivity contribution in [2.45, 2.75) is 71.3 Å². The van der Waals surface area contributed by atoms with Crippen LogP contribution in [0.1, 0.15) is 53.3 Å². The molecule has 30 heavy (non-hydrogen) atoms. The molecule has 0 spiro atoms. The van der Waals surface area contributed by atoms with Crippen molar-refractivity contribution in [2.24, 2.45) is 12.0 Å². The molecule has 0 amide bonds. The third kappa shape index (κ3) is 7.16. The molecule has 0 saturated heterocycles. The monoisotopic (exact) mass is 434 g/mol. The Hall–Kier alpha value is -1.81. The van der Waals surface area contributed by atoms with E-state index in [0.717, 1.165) is 13.0 Å². The third-order valence-corrected chi connectivity index (χ3v) is 4.95. The molecule has 1 aromatic rings. The van der Waals surface area contributed by atoms with Gasteiger partial charge in [0.2, 0.25) is 5.60 Å². The van der Waals surface area contributed by atoms with Crippen molar-refractivity contribution in [3.8, 4) is 0 Å². The first-order valence-corrected chi connectivity index (χ1v) is 10.5. The molecule has 0 fully saturated rings. The minimum Gasteiger partial charge on any atom is -0.374 e. The Labute approximate surface area is 177 Å². The molecule has 1 atom stereocenters. The van der Waals surface area contributed by atoms with Crippen LogP contribution < -0.4 is 10.6 Å². The van der Waals surface area contributed by atoms with E-state index in [1.165, 1.54) is 24.0 Å². The summed E-state index contributed by atoms with van der Waals surface area (Å²) in [6.07, 6.45) is -1.97. The van der Waals surface area contributed by atoms with Gasteiger partial charge in [-0.15, -0.1) is 0 Å². The first kappa shape index (κ1) is 26.2. The van der Waals surface area contributed by atoms with Crippen LogP contribution in [0.5, 0.6) is 0 Å². The highest BCUT2D eigenvalue weighted by Gasteiger charge is 2.57. The van der Waals surface area contributed by atoms with E-state index >= 15 is 0 Å². The van der Waals surface area contributed by atoms with Gasteiger partial charge in [0.05, 0.1) is 0 Å². The molecule has 0 aliphatic heterocycles. The summed E-state index contributed by atoms with van der Waals surface area (Å²) in [6.45, 7) is 12.4. The molecule has 1 aromatic heterocycles. The number of aliphatic hydroxyl groups is 1. The largest absolute Gasteiger partial charge is 0.424 e. The van der Waals surface area contributed by atoms with Gasteiger partial charge in [0.15, 0.2) is 5.96 Å². The van der Waals surface area contributed by atoms with Crippen molar-refractivity contribution >= 4 is 5.96 Å². The lowest BCUT2D eigenvalue weighted by Crippen LogP contribution is -2.48. The number of alkyl halides is 3. The van der Waals surface area contributed by atoms with Crippen LogP contribution in [0.3, 0.4) is 0 Å². The van der Waals surface area contributed by atoms with Gasteiger partial charge >= 0.3 is 6.18 Å². The number of nitrogens with zero attached hydrogens (tertiary/aromatic N) is 4. The lowest BCUT2D eigenvalue weighted by molar-refractivity contribution is -0.272. The van der Waals surface area contributed by atoms with Gasteiger partial charge in [-0.3, -0.25) is 9.89 Å². The summed E-state index contributed by atoms with van der Waals surface area (Å²) in [5, 5.41) is 16.3. The van der Waals surface area contributed by atoms with Gasteiger partial charge in [0, 0.05) is 64.1 Å². The van der Waals surface area contributed by atoms with E-state index in [9.17, 15) is 18.3 Å². The van der Waals surface area contributed by atoms with E-state index in [4.69, 9.17) is 0 Å². The number of rotatable bonds is 11. The number of nitrogens with one attached hydrogen (secondary N) is 2. The highest BCUT2D eigenvalue weighted by molar-refractivity contribution is 5.79. The molecule has 0 radical (unpaired) electrons. The number of halogens is 3. The maximum absolute atomic E-state index is 13.6. The molecule has 0 bridgehead atoms. The van der Waals surface area contributed by atoms with Gasteiger partial charge in [-0.25, -0.2) is 4.98 Å². The Bertz CT molecular complexity index is 651. The summed E-state index contributed by atoms with van der Waals surface area (Å²) in [5.74, 6) is 0.00344. The summed E-state index contributed by atoms with van der Waals surface area (Å²) >= 11 is 0. The first-order valence-electron chi connectivity index (χ1n) is 10.5. The van der Waals surface area contributed by atoms with Crippen molar-refractivity contribution in [1.82, 2.24) is 25.1 Å². The van der Waals surface area contributed by atoms with E-state index in [0.29, 0.717) is 31.1 Å². The van der Waals surface area contributed by atoms with Crippen molar-refractivity contribution < 1.29 is 18.3 Å². The summed E-state index contributed by atoms with van der Waals surface area (Å²) in [6, 6.07) is 0.873. The van der Waals surface area contributed by atoms with Gasteiger partial charge in [0.25, 0.3) is 0 Å². The number of aryl methyl sites for hydroxylation is 1. The van der Waals surface area contributed by atoms with Gasteiger partial charge in [-0.05, 0) is 41.0 Å². The van der Waals surface area contributed by atoms with Crippen molar-refractivity contribution in [1.29, 1.82) is 0 Å². The van der Waals surface area contributed by atoms with Crippen LogP contribution in [0.25, 0.3) is 0 Å². The molecule has 0 aromatic carbocycles. The second-order valence-corrected chi connectivity index (χ2v) is 7.94. The predicted molar refractivity (Wildman–Crippen MR) is 113 cm³/mol. The number of hydrogen-bond donors (Lipinski definition) is 3. The highest BCUT2D eigenvalue weighted by atomic mass is 19.4. The molecule has 1 heterocycles. The first-order chi connectivity index (χ1) is 13.9. The number of imidazole rings is 1. The predicted octanol–water partition coefficient (Wildman–Crippen LogP) is 2.62. The molecule has 0 aliphatic carbocycles. The molecule has 0 saturated carbocycles. The van der Waals surface area contributed by atoms with Crippen LogP contribution in [0.2, 0.25) is 0 Å². The molecule has 3 N–H and O–H groups in total. The van der Waals surface area contributed by atoms with E-state index in [2.05, 4.69) is 53.2 Å². The van der Waals surface area contributed by atoms with Gasteiger partial charge in [-0.1, -0.05) is 0 Å². The smallest absolute Gasteiger partial charge is 0.374 e. The number of aliphatic imine (C=N–C) groups is 1. The molecule has 0 aliphatic rings. The second kappa shape index (κ2) is 11.5. The standard InChI is InChI=1S/C20H37F3N6O/c1-7-24-18(26-10-8-13-29(15(2)3)16(4)5)27-11-9-19(30,20(21,22)23)17-25-12-14-28(17)6/h12,14-16,30H,7-11,13H2,1-6H3,(H2,24,26,27). The van der Waals surface area contributed by atoms with Crippen LogP contribution in [-0.4, -0.2) is 70.0 Å². The summed E-state index contributed by atoms with van der Waals surface area (Å²) in [7, 11) is 1.43. The Morgan fingerprint density at radius 1 is 1.23 bits per heavy atom. The van der Waals surface area contributed by atoms with Crippen molar-refractivity contribution in [2.75, 3.05) is 26.2 Å². The quantitative estimate of drug-likeness (QED) is 0.284. The zero-order valence-electron chi connectivity index (χ0n) is 18.9. The maximum Gasteiger partial charge on any atom is 0.424 e. The minimum atomic E-state index is -4.85. The molecule has 10 heteroatoms. The summed E-state index contributed by atoms with van der Waals surface area (Å²) < 4.78 is 42.0. The van der Waals surface area contributed by atoms with Crippen LogP contribution in [0.4, 0.5) is 13.2 Å². The van der Waals surface area contributed by atoms with Gasteiger partial charge in [-0.2, -0.15) is 13.2 Å². The molecule has 7 nitrogen and oxygen atoms in total. The normalized spacial score (nSPS) is 15.2. The fourth-order valence-electron chi connectivity index (χ4n) is 3.40. The van der Waals surface area contributed by atoms with Gasteiger partial charge in [0.1, 0.15) is 5.82 Å². The topological polar surface area (TPSA) is 77.7 Å². The summed E-state index contributed by atoms with van der Waals surface area (Å²) in [4.78, 5) is 10.5. The van der Waals surface area contributed by atoms with E-state index in [1.807, 2.05) is 6.92 Å². The lowest BCUT2D eigenvalue weighted by atomic mass is 9.97. The molecular weight excluding hydrogens is 397 g/mol. The van der Waals surface area contributed by atoms with E-state index in [1.54, 1.807) is 0 Å². The van der Waals surface area contributed by atoms with E-state index in [-0.39, 0.29) is 6.54 Å². The molecule has 174 valence electrons. The molecule has 1 rings (SSSR count). The van der Waals surface area contributed by atoms with Crippen LogP contribution in [0, 0.1) is 0 Å². The number of guanidine groups is 1. The average Bonchev–Trinajstić information content (AvgIpc) is 3.06. The Morgan fingerprint density at radius 2 is 1.87 bits per heavy atom. The minimum absolute atomic E-state index is 0.112. The number of aromatic nitrogens is 2. The van der Waals surface area contributed by atoms with Crippen LogP contribution in [0.15, 0.2) is 17.4 Å². The zero-order valence-corrected chi connectivity index (χ0v) is 18.9. The molecule has 1 unspecified atom stereocenters. The second-order valence-electron chi connectivity index (χ2n) is 7.94. The Kier molecular flexibility index (Phi) is 10.1. The van der Waals surface area contributed by atoms with E-state index < -0.39 is 24.0 Å². The average molecular weight is 435 g/mol. The fraction of sp³-hybridized carbons (Fsp3) is 0.800. The van der Waals surface area contributed by atoms with Crippen molar-refractivity contribution in [3.05, 3.63) is 18.2 Å². The highest BCUT2D eigenvalue weighted by Crippen LogP contribution is 2.40. The Morgan fingerprint density at radius 3 is 2.33 bits per heavy atom. The SMILES string of the molecule is CCNC(=NCCCN(C(C)C)C(C)C)NCCC(O)(c1nccn1C)C(F)(F)F.